The standard InChI is InChI=1S/C14H26N6/c1-4-14(2,3)10-16-12-17-11(15)18-13(19-12)20-8-6-5-7-9-20/h4-10H2,1-3H3,(H3,15,16,17,18,19). The molecule has 1 aliphatic rings. The average molecular weight is 278 g/mol. The van der Waals surface area contributed by atoms with E-state index in [0.717, 1.165) is 26.1 Å². The second-order valence-corrected chi connectivity index (χ2v) is 6.24. The van der Waals surface area contributed by atoms with E-state index < -0.39 is 0 Å². The molecule has 1 aliphatic heterocycles. The summed E-state index contributed by atoms with van der Waals surface area (Å²) in [4.78, 5) is 15.1. The van der Waals surface area contributed by atoms with Crippen LogP contribution in [0.4, 0.5) is 17.8 Å². The molecule has 0 bridgehead atoms. The minimum Gasteiger partial charge on any atom is -0.368 e. The first-order chi connectivity index (χ1) is 9.50. The van der Waals surface area contributed by atoms with Crippen LogP contribution in [0.25, 0.3) is 0 Å². The minimum atomic E-state index is 0.215. The van der Waals surface area contributed by atoms with Gasteiger partial charge < -0.3 is 16.0 Å². The molecule has 2 heterocycles. The van der Waals surface area contributed by atoms with Crippen molar-refractivity contribution in [2.75, 3.05) is 35.6 Å². The highest BCUT2D eigenvalue weighted by Crippen LogP contribution is 2.21. The van der Waals surface area contributed by atoms with Gasteiger partial charge in [-0.2, -0.15) is 15.0 Å². The molecule has 20 heavy (non-hydrogen) atoms. The van der Waals surface area contributed by atoms with Gasteiger partial charge in [-0.05, 0) is 31.1 Å². The number of nitrogens with zero attached hydrogens (tertiary/aromatic N) is 4. The van der Waals surface area contributed by atoms with Gasteiger partial charge in [-0.25, -0.2) is 0 Å². The highest BCUT2D eigenvalue weighted by molar-refractivity contribution is 5.42. The van der Waals surface area contributed by atoms with Crippen molar-refractivity contribution >= 4 is 17.8 Å². The topological polar surface area (TPSA) is 80.0 Å². The van der Waals surface area contributed by atoms with E-state index >= 15 is 0 Å². The van der Waals surface area contributed by atoms with Crippen molar-refractivity contribution in [3.8, 4) is 0 Å². The van der Waals surface area contributed by atoms with Gasteiger partial charge in [0, 0.05) is 19.6 Å². The Bertz CT molecular complexity index is 439. The predicted molar refractivity (Wildman–Crippen MR) is 82.9 cm³/mol. The number of rotatable bonds is 5. The first-order valence-electron chi connectivity index (χ1n) is 7.50. The van der Waals surface area contributed by atoms with E-state index in [9.17, 15) is 0 Å². The van der Waals surface area contributed by atoms with E-state index in [2.05, 4.69) is 45.9 Å². The fourth-order valence-electron chi connectivity index (χ4n) is 2.14. The molecular weight excluding hydrogens is 252 g/mol. The molecular formula is C14H26N6. The summed E-state index contributed by atoms with van der Waals surface area (Å²) in [5, 5.41) is 3.29. The normalized spacial score (nSPS) is 16.2. The third kappa shape index (κ3) is 3.95. The van der Waals surface area contributed by atoms with Gasteiger partial charge in [-0.1, -0.05) is 20.8 Å². The van der Waals surface area contributed by atoms with Crippen molar-refractivity contribution in [2.24, 2.45) is 5.41 Å². The fraction of sp³-hybridized carbons (Fsp3) is 0.786. The van der Waals surface area contributed by atoms with Crippen LogP contribution in [-0.2, 0) is 0 Å². The van der Waals surface area contributed by atoms with Crippen LogP contribution >= 0.6 is 0 Å². The first-order valence-corrected chi connectivity index (χ1v) is 7.50. The maximum absolute atomic E-state index is 5.81. The van der Waals surface area contributed by atoms with Crippen LogP contribution in [0.1, 0.15) is 46.5 Å². The first kappa shape index (κ1) is 14.8. The zero-order valence-corrected chi connectivity index (χ0v) is 12.8. The van der Waals surface area contributed by atoms with Crippen LogP contribution in [0.2, 0.25) is 0 Å². The van der Waals surface area contributed by atoms with Crippen LogP contribution in [0, 0.1) is 5.41 Å². The molecule has 0 saturated carbocycles. The van der Waals surface area contributed by atoms with Gasteiger partial charge in [-0.3, -0.25) is 0 Å². The van der Waals surface area contributed by atoms with E-state index in [1.807, 2.05) is 0 Å². The zero-order valence-electron chi connectivity index (χ0n) is 12.8. The quantitative estimate of drug-likeness (QED) is 0.860. The van der Waals surface area contributed by atoms with Crippen LogP contribution in [-0.4, -0.2) is 34.6 Å². The highest BCUT2D eigenvalue weighted by atomic mass is 15.3. The van der Waals surface area contributed by atoms with E-state index in [4.69, 9.17) is 5.73 Å². The third-order valence-corrected chi connectivity index (χ3v) is 3.96. The lowest BCUT2D eigenvalue weighted by Gasteiger charge is -2.27. The third-order valence-electron chi connectivity index (χ3n) is 3.96. The lowest BCUT2D eigenvalue weighted by Crippen LogP contribution is -2.32. The van der Waals surface area contributed by atoms with Crippen LogP contribution in [0.15, 0.2) is 0 Å². The molecule has 2 rings (SSSR count). The molecule has 0 atom stereocenters. The van der Waals surface area contributed by atoms with E-state index in [0.29, 0.717) is 11.9 Å². The summed E-state index contributed by atoms with van der Waals surface area (Å²) in [7, 11) is 0. The summed E-state index contributed by atoms with van der Waals surface area (Å²) < 4.78 is 0. The van der Waals surface area contributed by atoms with E-state index in [1.165, 1.54) is 19.3 Å². The second-order valence-electron chi connectivity index (χ2n) is 6.24. The maximum atomic E-state index is 5.81. The Morgan fingerprint density at radius 2 is 1.85 bits per heavy atom. The molecule has 112 valence electrons. The Morgan fingerprint density at radius 3 is 2.50 bits per heavy atom. The molecule has 0 amide bonds. The molecule has 0 aliphatic carbocycles. The molecule has 3 N–H and O–H groups in total. The molecule has 6 nitrogen and oxygen atoms in total. The van der Waals surface area contributed by atoms with Crippen molar-refractivity contribution in [1.82, 2.24) is 15.0 Å². The lowest BCUT2D eigenvalue weighted by molar-refractivity contribution is 0.376. The van der Waals surface area contributed by atoms with Crippen molar-refractivity contribution in [1.29, 1.82) is 0 Å². The largest absolute Gasteiger partial charge is 0.368 e. The van der Waals surface area contributed by atoms with Gasteiger partial charge in [0.1, 0.15) is 0 Å². The molecule has 1 aromatic heterocycles. The van der Waals surface area contributed by atoms with Gasteiger partial charge in [0.25, 0.3) is 0 Å². The summed E-state index contributed by atoms with van der Waals surface area (Å²) >= 11 is 0. The number of piperidine rings is 1. The second kappa shape index (κ2) is 6.24. The zero-order chi connectivity index (χ0) is 14.6. The number of nitrogens with one attached hydrogen (secondary N) is 1. The number of hydrogen-bond acceptors (Lipinski definition) is 6. The van der Waals surface area contributed by atoms with E-state index in [1.54, 1.807) is 0 Å². The number of hydrogen-bond donors (Lipinski definition) is 2. The van der Waals surface area contributed by atoms with Gasteiger partial charge in [0.05, 0.1) is 0 Å². The molecule has 0 unspecified atom stereocenters. The molecule has 1 saturated heterocycles. The van der Waals surface area contributed by atoms with E-state index in [-0.39, 0.29) is 11.4 Å². The van der Waals surface area contributed by atoms with Gasteiger partial charge in [0.2, 0.25) is 17.8 Å². The Hall–Kier alpha value is -1.59. The minimum absolute atomic E-state index is 0.215. The van der Waals surface area contributed by atoms with Crippen molar-refractivity contribution in [2.45, 2.75) is 46.5 Å². The summed E-state index contributed by atoms with van der Waals surface area (Å²) in [6.07, 6.45) is 4.76. The van der Waals surface area contributed by atoms with Crippen molar-refractivity contribution in [3.05, 3.63) is 0 Å². The predicted octanol–water partition coefficient (Wildman–Crippen LogP) is 2.29. The number of nitrogen functional groups attached to an aromatic ring is 1. The maximum Gasteiger partial charge on any atom is 0.231 e. The van der Waals surface area contributed by atoms with Gasteiger partial charge >= 0.3 is 0 Å². The van der Waals surface area contributed by atoms with Crippen molar-refractivity contribution < 1.29 is 0 Å². The summed E-state index contributed by atoms with van der Waals surface area (Å²) in [5.74, 6) is 1.57. The number of aromatic nitrogens is 3. The molecule has 1 fully saturated rings. The summed E-state index contributed by atoms with van der Waals surface area (Å²) in [6.45, 7) is 9.45. The fourth-order valence-corrected chi connectivity index (χ4v) is 2.14. The lowest BCUT2D eigenvalue weighted by atomic mass is 9.90. The highest BCUT2D eigenvalue weighted by Gasteiger charge is 2.18. The number of anilines is 3. The summed E-state index contributed by atoms with van der Waals surface area (Å²) in [5.41, 5.74) is 6.02. The van der Waals surface area contributed by atoms with Gasteiger partial charge in [-0.15, -0.1) is 0 Å². The Labute approximate surface area is 121 Å². The molecule has 0 radical (unpaired) electrons. The Balaban J connectivity index is 2.08. The van der Waals surface area contributed by atoms with Crippen LogP contribution in [0.3, 0.4) is 0 Å². The molecule has 0 aromatic carbocycles. The van der Waals surface area contributed by atoms with Gasteiger partial charge in [0.15, 0.2) is 0 Å². The molecule has 1 aromatic rings. The molecule has 0 spiro atoms. The average Bonchev–Trinajstić information content (AvgIpc) is 2.46. The number of nitrogens with two attached hydrogens (primary N) is 1. The smallest absolute Gasteiger partial charge is 0.231 e. The SMILES string of the molecule is CCC(C)(C)CNc1nc(N)nc(N2CCCCC2)n1. The van der Waals surface area contributed by atoms with Crippen molar-refractivity contribution in [3.63, 3.8) is 0 Å². The monoisotopic (exact) mass is 278 g/mol. The Kier molecular flexibility index (Phi) is 4.62. The molecule has 6 heteroatoms. The Morgan fingerprint density at radius 1 is 1.15 bits per heavy atom. The van der Waals surface area contributed by atoms with Crippen LogP contribution in [0.5, 0.6) is 0 Å². The van der Waals surface area contributed by atoms with Crippen LogP contribution < -0.4 is 16.0 Å². The summed E-state index contributed by atoms with van der Waals surface area (Å²) in [6, 6.07) is 0.